The second-order valence-electron chi connectivity index (χ2n) is 8.34. The molecule has 3 amide bonds. The number of amides is 3. The Morgan fingerprint density at radius 3 is 2.47 bits per heavy atom. The molecule has 0 unspecified atom stereocenters. The minimum atomic E-state index is -0.329. The number of thiazole rings is 1. The highest BCUT2D eigenvalue weighted by Crippen LogP contribution is 2.37. The molecular formula is C28H18N4O4S2. The number of rotatable bonds is 7. The summed E-state index contributed by atoms with van der Waals surface area (Å²) in [6, 6.07) is 25.1. The van der Waals surface area contributed by atoms with Crippen molar-refractivity contribution in [3.05, 3.63) is 107 Å². The molecule has 1 N–H and O–H groups in total. The van der Waals surface area contributed by atoms with E-state index in [1.165, 1.54) is 34.2 Å². The largest absolute Gasteiger partial charge is 0.448 e. The van der Waals surface area contributed by atoms with E-state index < -0.39 is 0 Å². The molecule has 0 bridgehead atoms. The Morgan fingerprint density at radius 2 is 1.71 bits per heavy atom. The highest BCUT2D eigenvalue weighted by atomic mass is 32.2. The fourth-order valence-electron chi connectivity index (χ4n) is 4.03. The van der Waals surface area contributed by atoms with Crippen LogP contribution in [0.3, 0.4) is 0 Å². The van der Waals surface area contributed by atoms with Gasteiger partial charge in [0.2, 0.25) is 5.91 Å². The summed E-state index contributed by atoms with van der Waals surface area (Å²) in [6.45, 7) is 0. The van der Waals surface area contributed by atoms with Gasteiger partial charge in [-0.25, -0.2) is 15.3 Å². The molecule has 3 aromatic carbocycles. The predicted molar refractivity (Wildman–Crippen MR) is 146 cm³/mol. The lowest BCUT2D eigenvalue weighted by molar-refractivity contribution is -0.120. The lowest BCUT2D eigenvalue weighted by Crippen LogP contribution is -2.29. The summed E-state index contributed by atoms with van der Waals surface area (Å²) in [7, 11) is 0. The van der Waals surface area contributed by atoms with Crippen LogP contribution in [0.25, 0.3) is 10.2 Å². The van der Waals surface area contributed by atoms with Crippen LogP contribution in [0.2, 0.25) is 0 Å². The minimum Gasteiger partial charge on any atom is -0.448 e. The molecule has 38 heavy (non-hydrogen) atoms. The zero-order valence-electron chi connectivity index (χ0n) is 19.7. The van der Waals surface area contributed by atoms with Gasteiger partial charge in [0.1, 0.15) is 5.76 Å². The van der Waals surface area contributed by atoms with Crippen molar-refractivity contribution in [3.63, 3.8) is 0 Å². The number of hydrazone groups is 1. The maximum Gasteiger partial charge on any atom is 0.266 e. The molecule has 0 aliphatic carbocycles. The summed E-state index contributed by atoms with van der Waals surface area (Å²) in [5, 5.41) is 4.58. The van der Waals surface area contributed by atoms with Gasteiger partial charge in [-0.05, 0) is 59.8 Å². The number of anilines is 1. The molecule has 0 atom stereocenters. The van der Waals surface area contributed by atoms with Gasteiger partial charge in [0.15, 0.2) is 9.43 Å². The number of furan rings is 1. The topological polar surface area (TPSA) is 105 Å². The monoisotopic (exact) mass is 538 g/mol. The standard InChI is InChI=1S/C28H18N4O4S2/c33-24(14-17-6-2-1-3-7-17)31-29-16-19-11-13-25(36-19)38-28-30-22-12-10-18(15-23(22)37-28)32-26(34)20-8-4-5-9-21(20)27(32)35/h1-13,15-16H,14H2,(H,31,33)/b29-16+. The van der Waals surface area contributed by atoms with Crippen LogP contribution in [0, 0.1) is 0 Å². The smallest absolute Gasteiger partial charge is 0.266 e. The maximum atomic E-state index is 12.8. The Morgan fingerprint density at radius 1 is 0.974 bits per heavy atom. The summed E-state index contributed by atoms with van der Waals surface area (Å²) < 4.78 is 7.37. The SMILES string of the molecule is O=C(Cc1ccccc1)N/N=C/c1ccc(Sc2nc3ccc(N4C(=O)c5ccccc5C4=O)cc3s2)o1. The van der Waals surface area contributed by atoms with Gasteiger partial charge in [0, 0.05) is 0 Å². The number of carbonyl (C=O) groups is 3. The second-order valence-corrected chi connectivity index (χ2v) is 10.6. The number of benzene rings is 3. The van der Waals surface area contributed by atoms with E-state index in [-0.39, 0.29) is 24.1 Å². The van der Waals surface area contributed by atoms with Crippen molar-refractivity contribution in [1.29, 1.82) is 0 Å². The van der Waals surface area contributed by atoms with Crippen LogP contribution in [0.4, 0.5) is 5.69 Å². The molecule has 0 saturated carbocycles. The summed E-state index contributed by atoms with van der Waals surface area (Å²) in [4.78, 5) is 43.5. The van der Waals surface area contributed by atoms with Crippen molar-refractivity contribution in [1.82, 2.24) is 10.4 Å². The molecule has 3 heterocycles. The van der Waals surface area contributed by atoms with E-state index in [0.29, 0.717) is 27.7 Å². The van der Waals surface area contributed by atoms with Crippen molar-refractivity contribution in [2.75, 3.05) is 4.90 Å². The van der Waals surface area contributed by atoms with Gasteiger partial charge in [-0.1, -0.05) is 42.5 Å². The third-order valence-corrected chi connectivity index (χ3v) is 7.78. The van der Waals surface area contributed by atoms with Gasteiger partial charge >= 0.3 is 0 Å². The molecule has 186 valence electrons. The lowest BCUT2D eigenvalue weighted by Gasteiger charge is -2.13. The Hall–Kier alpha value is -4.54. The fourth-order valence-corrected chi connectivity index (χ4v) is 6.03. The first-order valence-corrected chi connectivity index (χ1v) is 13.2. The molecule has 1 aliphatic heterocycles. The number of hydrogen-bond acceptors (Lipinski definition) is 8. The van der Waals surface area contributed by atoms with Crippen LogP contribution in [-0.2, 0) is 11.2 Å². The van der Waals surface area contributed by atoms with Crippen LogP contribution in [0.1, 0.15) is 32.0 Å². The second kappa shape index (κ2) is 10.1. The van der Waals surface area contributed by atoms with Crippen molar-refractivity contribution in [2.24, 2.45) is 5.10 Å². The molecule has 6 rings (SSSR count). The molecule has 0 radical (unpaired) electrons. The van der Waals surface area contributed by atoms with Crippen LogP contribution in [0.15, 0.2) is 104 Å². The first-order valence-electron chi connectivity index (χ1n) is 11.6. The molecule has 2 aromatic heterocycles. The Kier molecular flexibility index (Phi) is 6.32. The minimum absolute atomic E-state index is 0.219. The van der Waals surface area contributed by atoms with E-state index in [0.717, 1.165) is 20.1 Å². The van der Waals surface area contributed by atoms with Crippen molar-refractivity contribution < 1.29 is 18.8 Å². The van der Waals surface area contributed by atoms with E-state index in [1.54, 1.807) is 54.6 Å². The number of nitrogens with zero attached hydrogens (tertiary/aromatic N) is 3. The van der Waals surface area contributed by atoms with Crippen molar-refractivity contribution in [2.45, 2.75) is 15.9 Å². The van der Waals surface area contributed by atoms with Gasteiger partial charge in [-0.15, -0.1) is 11.3 Å². The third-order valence-electron chi connectivity index (χ3n) is 5.78. The summed E-state index contributed by atoms with van der Waals surface area (Å²) in [5.41, 5.74) is 5.49. The average Bonchev–Trinajstić information content (AvgIpc) is 3.61. The van der Waals surface area contributed by atoms with Gasteiger partial charge in [0.25, 0.3) is 11.8 Å². The molecule has 5 aromatic rings. The zero-order chi connectivity index (χ0) is 26.1. The number of imide groups is 1. The molecule has 10 heteroatoms. The zero-order valence-corrected chi connectivity index (χ0v) is 21.3. The molecule has 8 nitrogen and oxygen atoms in total. The number of fused-ring (bicyclic) bond motifs is 2. The van der Waals surface area contributed by atoms with Crippen molar-refractivity contribution >= 4 is 62.9 Å². The molecule has 0 fully saturated rings. The first kappa shape index (κ1) is 23.8. The van der Waals surface area contributed by atoms with Gasteiger partial charge in [-0.2, -0.15) is 5.10 Å². The number of aromatic nitrogens is 1. The molecule has 0 spiro atoms. The third kappa shape index (κ3) is 4.74. The summed E-state index contributed by atoms with van der Waals surface area (Å²) >= 11 is 2.78. The van der Waals surface area contributed by atoms with E-state index in [4.69, 9.17) is 4.42 Å². The van der Waals surface area contributed by atoms with Crippen LogP contribution in [0.5, 0.6) is 0 Å². The van der Waals surface area contributed by atoms with E-state index >= 15 is 0 Å². The highest BCUT2D eigenvalue weighted by molar-refractivity contribution is 8.01. The van der Waals surface area contributed by atoms with Gasteiger partial charge in [-0.3, -0.25) is 14.4 Å². The molecular weight excluding hydrogens is 520 g/mol. The maximum absolute atomic E-state index is 12.8. The number of hydrogen-bond donors (Lipinski definition) is 1. The van der Waals surface area contributed by atoms with Crippen molar-refractivity contribution in [3.8, 4) is 0 Å². The van der Waals surface area contributed by atoms with Crippen LogP contribution in [-0.4, -0.2) is 28.9 Å². The first-order chi connectivity index (χ1) is 18.5. The summed E-state index contributed by atoms with van der Waals surface area (Å²) in [5.74, 6) is -0.389. The highest BCUT2D eigenvalue weighted by Gasteiger charge is 2.36. The Labute approximate surface area is 225 Å². The van der Waals surface area contributed by atoms with E-state index in [9.17, 15) is 14.4 Å². The Balaban J connectivity index is 1.12. The van der Waals surface area contributed by atoms with E-state index in [2.05, 4.69) is 15.5 Å². The fraction of sp³-hybridized carbons (Fsp3) is 0.0357. The molecule has 1 aliphatic rings. The molecule has 0 saturated heterocycles. The number of carbonyl (C=O) groups excluding carboxylic acids is 3. The number of nitrogens with one attached hydrogen (secondary N) is 1. The quantitative estimate of drug-likeness (QED) is 0.166. The normalized spacial score (nSPS) is 13.0. The lowest BCUT2D eigenvalue weighted by atomic mass is 10.1. The predicted octanol–water partition coefficient (Wildman–Crippen LogP) is 5.53. The summed E-state index contributed by atoms with van der Waals surface area (Å²) in [6.07, 6.45) is 1.68. The van der Waals surface area contributed by atoms with Crippen LogP contribution < -0.4 is 10.3 Å². The average molecular weight is 539 g/mol. The van der Waals surface area contributed by atoms with Gasteiger partial charge < -0.3 is 4.42 Å². The van der Waals surface area contributed by atoms with E-state index in [1.807, 2.05) is 30.3 Å². The Bertz CT molecular complexity index is 1690. The van der Waals surface area contributed by atoms with Crippen LogP contribution >= 0.6 is 23.1 Å². The van der Waals surface area contributed by atoms with Gasteiger partial charge in [0.05, 0.1) is 39.7 Å².